The highest BCUT2D eigenvalue weighted by atomic mass is 19.4. The summed E-state index contributed by atoms with van der Waals surface area (Å²) in [5.41, 5.74) is -0.957. The van der Waals surface area contributed by atoms with Crippen molar-refractivity contribution in [1.29, 1.82) is 0 Å². The van der Waals surface area contributed by atoms with Gasteiger partial charge in [0.1, 0.15) is 22.9 Å². The van der Waals surface area contributed by atoms with Gasteiger partial charge in [-0.3, -0.25) is 4.79 Å². The number of benzene rings is 1. The Bertz CT molecular complexity index is 1180. The number of aromatic nitrogens is 5. The van der Waals surface area contributed by atoms with Gasteiger partial charge in [-0.05, 0) is 36.8 Å². The number of rotatable bonds is 5. The average molecular weight is 475 g/mol. The number of anilines is 1. The highest BCUT2D eigenvalue weighted by Crippen LogP contribution is 2.47. The fourth-order valence-corrected chi connectivity index (χ4v) is 4.86. The summed E-state index contributed by atoms with van der Waals surface area (Å²) in [5.74, 6) is -0.451. The van der Waals surface area contributed by atoms with E-state index in [0.29, 0.717) is 12.1 Å². The van der Waals surface area contributed by atoms with Gasteiger partial charge in [-0.25, -0.2) is 14.4 Å². The summed E-state index contributed by atoms with van der Waals surface area (Å²) >= 11 is 0. The summed E-state index contributed by atoms with van der Waals surface area (Å²) in [4.78, 5) is 23.8. The summed E-state index contributed by atoms with van der Waals surface area (Å²) in [7, 11) is 0. The summed E-state index contributed by atoms with van der Waals surface area (Å²) < 4.78 is 53.2. The molecule has 0 spiro atoms. The molecule has 2 aliphatic heterocycles. The Hall–Kier alpha value is -3.57. The maximum atomic E-state index is 15.0. The monoisotopic (exact) mass is 475 g/mol. The zero-order chi connectivity index (χ0) is 24.0. The lowest BCUT2D eigenvalue weighted by Crippen LogP contribution is -2.64. The summed E-state index contributed by atoms with van der Waals surface area (Å²) in [6.45, 7) is 2.27. The van der Waals surface area contributed by atoms with Crippen LogP contribution < -0.4 is 5.32 Å². The Morgan fingerprint density at radius 3 is 2.53 bits per heavy atom. The number of carbonyl (C=O) groups excluding carboxylic acids is 1. The molecule has 1 N–H and O–H groups in total. The number of halogens is 4. The first-order chi connectivity index (χ1) is 16.2. The SMILES string of the molecule is CC1C2CC(C2)N(C(=O)c2c(F)cccc2-n2nccn2)C1CNc1cnc(C(F)(F)F)cn1. The molecule has 34 heavy (non-hydrogen) atoms. The van der Waals surface area contributed by atoms with Crippen molar-refractivity contribution in [2.45, 2.75) is 38.0 Å². The molecule has 1 aromatic carbocycles. The van der Waals surface area contributed by atoms with Crippen LogP contribution in [0.2, 0.25) is 0 Å². The van der Waals surface area contributed by atoms with Crippen molar-refractivity contribution in [3.05, 3.63) is 60.1 Å². The first-order valence-electron chi connectivity index (χ1n) is 10.8. The smallest absolute Gasteiger partial charge is 0.367 e. The molecule has 1 saturated carbocycles. The maximum Gasteiger partial charge on any atom is 0.434 e. The number of nitrogens with zero attached hydrogens (tertiary/aromatic N) is 6. The van der Waals surface area contributed by atoms with E-state index >= 15 is 0 Å². The second-order valence-corrected chi connectivity index (χ2v) is 8.64. The molecule has 0 radical (unpaired) electrons. The molecule has 2 bridgehead atoms. The lowest BCUT2D eigenvalue weighted by Gasteiger charge is -2.57. The summed E-state index contributed by atoms with van der Waals surface area (Å²) in [5, 5.41) is 11.1. The van der Waals surface area contributed by atoms with Gasteiger partial charge < -0.3 is 10.2 Å². The van der Waals surface area contributed by atoms with Crippen molar-refractivity contribution in [1.82, 2.24) is 29.9 Å². The van der Waals surface area contributed by atoms with E-state index in [1.54, 1.807) is 11.0 Å². The van der Waals surface area contributed by atoms with Gasteiger partial charge in [-0.15, -0.1) is 0 Å². The molecule has 3 aliphatic rings. The topological polar surface area (TPSA) is 88.8 Å². The molecule has 4 heterocycles. The third-order valence-electron chi connectivity index (χ3n) is 6.76. The number of nitrogens with one attached hydrogen (secondary N) is 1. The summed E-state index contributed by atoms with van der Waals surface area (Å²) in [6, 6.07) is 3.94. The molecule has 8 nitrogen and oxygen atoms in total. The molecule has 2 unspecified atom stereocenters. The van der Waals surface area contributed by atoms with E-state index in [1.807, 2.05) is 6.92 Å². The molecule has 2 atom stereocenters. The Balaban J connectivity index is 1.41. The van der Waals surface area contributed by atoms with Crippen LogP contribution in [0.5, 0.6) is 0 Å². The Morgan fingerprint density at radius 1 is 1.15 bits per heavy atom. The molecule has 6 rings (SSSR count). The predicted octanol–water partition coefficient (Wildman–Crippen LogP) is 3.57. The standard InChI is InChI=1S/C22H21F4N7O/c1-12-13-7-14(8-13)32(17(12)9-28-19-11-27-18(10-29-19)22(24,25)26)21(34)20-15(23)3-2-4-16(20)33-30-5-6-31-33/h2-6,10-14,17H,7-9H2,1H3,(H,28,29). The van der Waals surface area contributed by atoms with Crippen molar-refractivity contribution >= 4 is 11.7 Å². The lowest BCUT2D eigenvalue weighted by atomic mass is 9.64. The van der Waals surface area contributed by atoms with E-state index in [9.17, 15) is 22.4 Å². The lowest BCUT2D eigenvalue weighted by molar-refractivity contribution is -0.141. The number of amides is 1. The van der Waals surface area contributed by atoms with Crippen molar-refractivity contribution < 1.29 is 22.4 Å². The molecule has 178 valence electrons. The highest BCUT2D eigenvalue weighted by Gasteiger charge is 2.51. The van der Waals surface area contributed by atoms with Crippen LogP contribution in [0.1, 0.15) is 35.8 Å². The van der Waals surface area contributed by atoms with Crippen molar-refractivity contribution in [3.63, 3.8) is 0 Å². The number of piperidine rings is 2. The number of carbonyl (C=O) groups is 1. The largest absolute Gasteiger partial charge is 0.434 e. The van der Waals surface area contributed by atoms with Crippen molar-refractivity contribution in [2.75, 3.05) is 11.9 Å². The van der Waals surface area contributed by atoms with Crippen molar-refractivity contribution in [2.24, 2.45) is 11.8 Å². The first kappa shape index (κ1) is 22.2. The fraction of sp³-hybridized carbons (Fsp3) is 0.409. The number of fused-ring (bicyclic) bond motifs is 2. The van der Waals surface area contributed by atoms with Crippen LogP contribution in [-0.2, 0) is 6.18 Å². The Kier molecular flexibility index (Phi) is 5.45. The van der Waals surface area contributed by atoms with Gasteiger partial charge in [-0.2, -0.15) is 28.2 Å². The number of hydrogen-bond acceptors (Lipinski definition) is 6. The van der Waals surface area contributed by atoms with E-state index in [2.05, 4.69) is 25.5 Å². The van der Waals surface area contributed by atoms with Gasteiger partial charge >= 0.3 is 6.18 Å². The molecular weight excluding hydrogens is 454 g/mol. The zero-order valence-electron chi connectivity index (χ0n) is 18.1. The molecule has 2 saturated heterocycles. The Labute approximate surface area is 192 Å². The fourth-order valence-electron chi connectivity index (χ4n) is 4.86. The normalized spacial score (nSPS) is 24.0. The minimum absolute atomic E-state index is 0.0442. The van der Waals surface area contributed by atoms with Crippen LogP contribution in [0, 0.1) is 17.7 Å². The van der Waals surface area contributed by atoms with Gasteiger partial charge in [0.15, 0.2) is 5.69 Å². The van der Waals surface area contributed by atoms with E-state index in [-0.39, 0.29) is 41.6 Å². The predicted molar refractivity (Wildman–Crippen MR) is 112 cm³/mol. The Morgan fingerprint density at radius 2 is 1.88 bits per heavy atom. The van der Waals surface area contributed by atoms with Crippen LogP contribution >= 0.6 is 0 Å². The van der Waals surface area contributed by atoms with Gasteiger partial charge in [0.05, 0.1) is 30.8 Å². The van der Waals surface area contributed by atoms with E-state index in [1.165, 1.54) is 29.3 Å². The molecule has 3 fully saturated rings. The minimum atomic E-state index is -4.57. The van der Waals surface area contributed by atoms with Crippen molar-refractivity contribution in [3.8, 4) is 5.69 Å². The van der Waals surface area contributed by atoms with Gasteiger partial charge in [0, 0.05) is 12.6 Å². The maximum absolute atomic E-state index is 15.0. The molecule has 3 aromatic rings. The van der Waals surface area contributed by atoms with Crippen LogP contribution in [0.25, 0.3) is 5.69 Å². The van der Waals surface area contributed by atoms with Gasteiger partial charge in [-0.1, -0.05) is 13.0 Å². The number of hydrogen-bond donors (Lipinski definition) is 1. The zero-order valence-corrected chi connectivity index (χ0v) is 18.1. The highest BCUT2D eigenvalue weighted by molar-refractivity contribution is 5.98. The van der Waals surface area contributed by atoms with Crippen LogP contribution in [0.4, 0.5) is 23.4 Å². The van der Waals surface area contributed by atoms with Gasteiger partial charge in [0.25, 0.3) is 5.91 Å². The van der Waals surface area contributed by atoms with E-state index < -0.39 is 23.6 Å². The molecule has 1 amide bonds. The molecule has 12 heteroatoms. The van der Waals surface area contributed by atoms with Crippen LogP contribution in [-0.4, -0.2) is 54.4 Å². The number of alkyl halides is 3. The second-order valence-electron chi connectivity index (χ2n) is 8.64. The molecule has 2 aromatic heterocycles. The van der Waals surface area contributed by atoms with Gasteiger partial charge in [0.2, 0.25) is 0 Å². The quantitative estimate of drug-likeness (QED) is 0.568. The minimum Gasteiger partial charge on any atom is -0.367 e. The third kappa shape index (κ3) is 3.86. The molecular formula is C22H21F4N7O. The average Bonchev–Trinajstić information content (AvgIpc) is 3.31. The summed E-state index contributed by atoms with van der Waals surface area (Å²) in [6.07, 6.45) is 1.64. The molecule has 1 aliphatic carbocycles. The van der Waals surface area contributed by atoms with E-state index in [0.717, 1.165) is 19.0 Å². The van der Waals surface area contributed by atoms with Crippen LogP contribution in [0.15, 0.2) is 43.0 Å². The second kappa shape index (κ2) is 8.33. The third-order valence-corrected chi connectivity index (χ3v) is 6.76. The first-order valence-corrected chi connectivity index (χ1v) is 10.8. The van der Waals surface area contributed by atoms with Crippen LogP contribution in [0.3, 0.4) is 0 Å². The van der Waals surface area contributed by atoms with E-state index in [4.69, 9.17) is 0 Å².